The number of hydrogen-bond acceptors (Lipinski definition) is 2. The van der Waals surface area contributed by atoms with Crippen molar-refractivity contribution < 1.29 is 4.79 Å². The minimum absolute atomic E-state index is 0.0949. The van der Waals surface area contributed by atoms with Crippen molar-refractivity contribution in [3.63, 3.8) is 0 Å². The number of halogens is 1. The molecule has 0 spiro atoms. The van der Waals surface area contributed by atoms with Crippen LogP contribution in [0.4, 0.5) is 0 Å². The molecule has 1 fully saturated rings. The third-order valence-electron chi connectivity index (χ3n) is 2.75. The van der Waals surface area contributed by atoms with Crippen molar-refractivity contribution in [2.75, 3.05) is 0 Å². The molecule has 1 aliphatic rings. The Hall–Kier alpha value is -1.53. The minimum Gasteiger partial charge on any atom is -0.346 e. The first-order chi connectivity index (χ1) is 7.66. The molecule has 0 unspecified atom stereocenters. The summed E-state index contributed by atoms with van der Waals surface area (Å²) in [5.74, 6) is -0.222. The van der Waals surface area contributed by atoms with Crippen molar-refractivity contribution in [2.45, 2.75) is 24.8 Å². The van der Waals surface area contributed by atoms with E-state index < -0.39 is 0 Å². The topological polar surface area (TPSA) is 52.9 Å². The first kappa shape index (κ1) is 11.0. The molecule has 1 aromatic carbocycles. The molecular formula is C12H11ClN2O. The molecule has 1 amide bonds. The number of nitrogens with zero attached hydrogens (tertiary/aromatic N) is 1. The summed E-state index contributed by atoms with van der Waals surface area (Å²) < 4.78 is 0. The molecule has 4 heteroatoms. The highest BCUT2D eigenvalue weighted by molar-refractivity contribution is 6.30. The van der Waals surface area contributed by atoms with Crippen molar-refractivity contribution in [3.05, 3.63) is 34.9 Å². The fraction of sp³-hybridized carbons (Fsp3) is 0.333. The Morgan fingerprint density at radius 2 is 2.31 bits per heavy atom. The lowest BCUT2D eigenvalue weighted by Gasteiger charge is -2.17. The third kappa shape index (κ3) is 2.17. The molecule has 1 saturated carbocycles. The highest BCUT2D eigenvalue weighted by atomic mass is 35.5. The molecule has 0 aliphatic heterocycles. The van der Waals surface area contributed by atoms with Crippen LogP contribution in [0.5, 0.6) is 0 Å². The summed E-state index contributed by atoms with van der Waals surface area (Å²) in [6, 6.07) is 9.33. The number of nitrogens with one attached hydrogen (secondary N) is 1. The highest BCUT2D eigenvalue weighted by Crippen LogP contribution is 2.45. The lowest BCUT2D eigenvalue weighted by Crippen LogP contribution is -2.34. The maximum Gasteiger partial charge on any atom is 0.234 e. The molecule has 0 atom stereocenters. The first-order valence-electron chi connectivity index (χ1n) is 5.10. The number of amides is 1. The predicted octanol–water partition coefficient (Wildman–Crippen LogP) is 2.36. The normalized spacial score (nSPS) is 16.2. The molecule has 0 bridgehead atoms. The number of carbonyl (C=O) groups excluding carboxylic acids is 1. The van der Waals surface area contributed by atoms with Crippen LogP contribution >= 0.6 is 11.6 Å². The van der Waals surface area contributed by atoms with E-state index in [1.54, 1.807) is 6.07 Å². The quantitative estimate of drug-likeness (QED) is 0.873. The highest BCUT2D eigenvalue weighted by Gasteiger charge is 2.45. The van der Waals surface area contributed by atoms with Crippen LogP contribution in [0.2, 0.25) is 5.02 Å². The van der Waals surface area contributed by atoms with Crippen LogP contribution in [0.1, 0.15) is 24.8 Å². The van der Waals surface area contributed by atoms with Crippen LogP contribution in [0, 0.1) is 11.3 Å². The van der Waals surface area contributed by atoms with Crippen LogP contribution in [0.25, 0.3) is 0 Å². The monoisotopic (exact) mass is 234 g/mol. The summed E-state index contributed by atoms with van der Waals surface area (Å²) in [7, 11) is 0. The first-order valence-corrected chi connectivity index (χ1v) is 5.48. The molecule has 0 heterocycles. The van der Waals surface area contributed by atoms with Crippen LogP contribution in [-0.4, -0.2) is 5.91 Å². The maximum atomic E-state index is 11.4. The summed E-state index contributed by atoms with van der Waals surface area (Å²) in [6.07, 6.45) is 1.72. The standard InChI is InChI=1S/C12H11ClN2O/c13-10-3-1-2-9(8-10)12(5-6-12)15-11(16)4-7-14/h1-3,8H,4-6H2,(H,15,16). The zero-order chi connectivity index (χ0) is 11.6. The smallest absolute Gasteiger partial charge is 0.234 e. The largest absolute Gasteiger partial charge is 0.346 e. The fourth-order valence-corrected chi connectivity index (χ4v) is 1.97. The Bertz CT molecular complexity index is 460. The van der Waals surface area contributed by atoms with E-state index in [0.29, 0.717) is 5.02 Å². The number of nitriles is 1. The number of rotatable bonds is 3. The van der Waals surface area contributed by atoms with E-state index in [0.717, 1.165) is 18.4 Å². The fourth-order valence-electron chi connectivity index (χ4n) is 1.78. The van der Waals surface area contributed by atoms with Gasteiger partial charge < -0.3 is 5.32 Å². The Balaban J connectivity index is 2.15. The van der Waals surface area contributed by atoms with Gasteiger partial charge in [-0.1, -0.05) is 23.7 Å². The number of hydrogen-bond donors (Lipinski definition) is 1. The summed E-state index contributed by atoms with van der Waals surface area (Å²) >= 11 is 5.91. The van der Waals surface area contributed by atoms with Crippen molar-refractivity contribution >= 4 is 17.5 Å². The van der Waals surface area contributed by atoms with Crippen molar-refractivity contribution in [1.29, 1.82) is 5.26 Å². The van der Waals surface area contributed by atoms with Crippen molar-refractivity contribution in [3.8, 4) is 6.07 Å². The number of benzene rings is 1. The zero-order valence-electron chi connectivity index (χ0n) is 8.66. The van der Waals surface area contributed by atoms with Crippen molar-refractivity contribution in [2.24, 2.45) is 0 Å². The molecule has 0 aromatic heterocycles. The lowest BCUT2D eigenvalue weighted by atomic mass is 10.0. The molecule has 16 heavy (non-hydrogen) atoms. The maximum absolute atomic E-state index is 11.4. The van der Waals surface area contributed by atoms with Crippen LogP contribution in [-0.2, 0) is 10.3 Å². The van der Waals surface area contributed by atoms with Crippen LogP contribution < -0.4 is 5.32 Å². The summed E-state index contributed by atoms with van der Waals surface area (Å²) in [6.45, 7) is 0. The summed E-state index contributed by atoms with van der Waals surface area (Å²) in [5, 5.41) is 12.0. The molecule has 82 valence electrons. The Morgan fingerprint density at radius 3 is 2.88 bits per heavy atom. The Labute approximate surface area is 99.0 Å². The predicted molar refractivity (Wildman–Crippen MR) is 60.7 cm³/mol. The Morgan fingerprint density at radius 1 is 1.56 bits per heavy atom. The van der Waals surface area contributed by atoms with Gasteiger partial charge in [0.2, 0.25) is 5.91 Å². The van der Waals surface area contributed by atoms with Gasteiger partial charge >= 0.3 is 0 Å². The average Bonchev–Trinajstić information content (AvgIpc) is 2.99. The van der Waals surface area contributed by atoms with Crippen LogP contribution in [0.15, 0.2) is 24.3 Å². The lowest BCUT2D eigenvalue weighted by molar-refractivity contribution is -0.121. The van der Waals surface area contributed by atoms with E-state index in [1.807, 2.05) is 24.3 Å². The number of carbonyl (C=O) groups is 1. The van der Waals surface area contributed by atoms with Gasteiger partial charge in [0, 0.05) is 5.02 Å². The Kier molecular flexibility index (Phi) is 2.84. The van der Waals surface area contributed by atoms with Gasteiger partial charge in [-0.3, -0.25) is 4.79 Å². The van der Waals surface area contributed by atoms with Crippen molar-refractivity contribution in [1.82, 2.24) is 5.32 Å². The molecule has 2 rings (SSSR count). The van der Waals surface area contributed by atoms with Gasteiger partial charge in [-0.2, -0.15) is 5.26 Å². The van der Waals surface area contributed by atoms with E-state index in [4.69, 9.17) is 16.9 Å². The second-order valence-corrected chi connectivity index (χ2v) is 4.41. The van der Waals surface area contributed by atoms with E-state index in [-0.39, 0.29) is 17.9 Å². The van der Waals surface area contributed by atoms with Gasteiger partial charge in [0.15, 0.2) is 0 Å². The third-order valence-corrected chi connectivity index (χ3v) is 2.98. The molecule has 3 nitrogen and oxygen atoms in total. The van der Waals surface area contributed by atoms with E-state index >= 15 is 0 Å². The van der Waals surface area contributed by atoms with E-state index in [2.05, 4.69) is 5.32 Å². The van der Waals surface area contributed by atoms with E-state index in [9.17, 15) is 4.79 Å². The molecule has 0 saturated heterocycles. The molecular weight excluding hydrogens is 224 g/mol. The van der Waals surface area contributed by atoms with Gasteiger partial charge in [-0.15, -0.1) is 0 Å². The second-order valence-electron chi connectivity index (χ2n) is 3.98. The SMILES string of the molecule is N#CCC(=O)NC1(c2cccc(Cl)c2)CC1. The van der Waals surface area contributed by atoms with Gasteiger partial charge in [-0.05, 0) is 30.5 Å². The molecule has 1 aromatic rings. The summed E-state index contributed by atoms with van der Waals surface area (Å²) in [5.41, 5.74) is 0.741. The van der Waals surface area contributed by atoms with Gasteiger partial charge in [-0.25, -0.2) is 0 Å². The van der Waals surface area contributed by atoms with Gasteiger partial charge in [0.25, 0.3) is 0 Å². The van der Waals surface area contributed by atoms with Gasteiger partial charge in [0.05, 0.1) is 11.6 Å². The van der Waals surface area contributed by atoms with Crippen LogP contribution in [0.3, 0.4) is 0 Å². The van der Waals surface area contributed by atoms with E-state index in [1.165, 1.54) is 0 Å². The summed E-state index contributed by atoms with van der Waals surface area (Å²) in [4.78, 5) is 11.4. The zero-order valence-corrected chi connectivity index (χ0v) is 9.42. The second kappa shape index (κ2) is 4.15. The average molecular weight is 235 g/mol. The molecule has 1 N–H and O–H groups in total. The molecule has 0 radical (unpaired) electrons. The van der Waals surface area contributed by atoms with Gasteiger partial charge in [0.1, 0.15) is 6.42 Å². The minimum atomic E-state index is -0.279. The molecule has 1 aliphatic carbocycles.